The van der Waals surface area contributed by atoms with E-state index in [1.807, 2.05) is 60.7 Å². The van der Waals surface area contributed by atoms with Crippen molar-refractivity contribution in [1.82, 2.24) is 0 Å². The lowest BCUT2D eigenvalue weighted by molar-refractivity contribution is -0.145. The lowest BCUT2D eigenvalue weighted by Crippen LogP contribution is -2.12. The second-order valence-electron chi connectivity index (χ2n) is 5.97. The molecular weight excluding hydrogens is 367 g/mol. The zero-order valence-electron chi connectivity index (χ0n) is 14.1. The minimum Gasteiger partial charge on any atom is -0.461 e. The third-order valence-corrected chi connectivity index (χ3v) is 4.77. The lowest BCUT2D eigenvalue weighted by Gasteiger charge is -2.17. The number of carbonyl (C=O) groups is 1. The molecule has 0 aliphatic rings. The van der Waals surface area contributed by atoms with Crippen molar-refractivity contribution in [2.45, 2.75) is 18.9 Å². The van der Waals surface area contributed by atoms with E-state index in [0.29, 0.717) is 10.0 Å². The molecule has 0 bridgehead atoms. The van der Waals surface area contributed by atoms with Gasteiger partial charge < -0.3 is 4.74 Å². The van der Waals surface area contributed by atoms with E-state index < -0.39 is 0 Å². The average molecular weight is 385 g/mol. The van der Waals surface area contributed by atoms with Crippen LogP contribution in [0.4, 0.5) is 0 Å². The number of hydrogen-bond donors (Lipinski definition) is 0. The Kier molecular flexibility index (Phi) is 6.32. The van der Waals surface area contributed by atoms with Gasteiger partial charge in [0.25, 0.3) is 0 Å². The number of ether oxygens (including phenoxy) is 1. The Balaban J connectivity index is 1.71. The average Bonchev–Trinajstić information content (AvgIpc) is 2.67. The molecule has 4 heteroatoms. The van der Waals surface area contributed by atoms with Crippen molar-refractivity contribution in [3.63, 3.8) is 0 Å². The minimum atomic E-state index is -0.270. The molecule has 0 N–H and O–H groups in total. The highest BCUT2D eigenvalue weighted by atomic mass is 35.5. The molecule has 2 nitrogen and oxygen atoms in total. The van der Waals surface area contributed by atoms with E-state index in [1.165, 1.54) is 0 Å². The second kappa shape index (κ2) is 8.88. The molecule has 0 amide bonds. The third kappa shape index (κ3) is 4.87. The van der Waals surface area contributed by atoms with Gasteiger partial charge in [-0.1, -0.05) is 89.9 Å². The van der Waals surface area contributed by atoms with Crippen molar-refractivity contribution in [3.8, 4) is 0 Å². The fourth-order valence-electron chi connectivity index (χ4n) is 2.82. The molecule has 0 saturated carbocycles. The van der Waals surface area contributed by atoms with Gasteiger partial charge in [0.2, 0.25) is 0 Å². The van der Waals surface area contributed by atoms with E-state index in [1.54, 1.807) is 18.2 Å². The highest BCUT2D eigenvalue weighted by Crippen LogP contribution is 2.29. The molecule has 0 atom stereocenters. The van der Waals surface area contributed by atoms with Crippen LogP contribution in [-0.2, 0) is 16.1 Å². The summed E-state index contributed by atoms with van der Waals surface area (Å²) in [6, 6.07) is 25.1. The van der Waals surface area contributed by atoms with Gasteiger partial charge >= 0.3 is 5.97 Å². The van der Waals surface area contributed by atoms with E-state index in [2.05, 4.69) is 0 Å². The molecule has 0 saturated heterocycles. The van der Waals surface area contributed by atoms with E-state index in [0.717, 1.165) is 16.7 Å². The van der Waals surface area contributed by atoms with Crippen LogP contribution in [0.25, 0.3) is 0 Å². The first kappa shape index (κ1) is 18.5. The third-order valence-electron chi connectivity index (χ3n) is 4.18. The Bertz CT molecular complexity index is 824. The first-order valence-corrected chi connectivity index (χ1v) is 9.08. The summed E-state index contributed by atoms with van der Waals surface area (Å²) in [6.07, 6.45) is 0.263. The molecule has 0 heterocycles. The first-order valence-electron chi connectivity index (χ1n) is 8.33. The summed E-state index contributed by atoms with van der Waals surface area (Å²) in [7, 11) is 0. The molecule has 0 radical (unpaired) electrons. The molecule has 0 aliphatic carbocycles. The van der Waals surface area contributed by atoms with Crippen molar-refractivity contribution in [2.24, 2.45) is 0 Å². The van der Waals surface area contributed by atoms with Crippen LogP contribution in [0.15, 0.2) is 78.9 Å². The van der Waals surface area contributed by atoms with Gasteiger partial charge in [-0.3, -0.25) is 4.79 Å². The van der Waals surface area contributed by atoms with Gasteiger partial charge in [-0.2, -0.15) is 0 Å². The number of esters is 1. The van der Waals surface area contributed by atoms with Crippen molar-refractivity contribution >= 4 is 29.2 Å². The molecule has 0 fully saturated rings. The molecule has 3 aromatic carbocycles. The fourth-order valence-corrected chi connectivity index (χ4v) is 3.28. The molecule has 132 valence electrons. The fraction of sp³-hybridized carbons (Fsp3) is 0.136. The zero-order chi connectivity index (χ0) is 18.4. The van der Waals surface area contributed by atoms with Gasteiger partial charge in [0.15, 0.2) is 0 Å². The monoisotopic (exact) mass is 384 g/mol. The van der Waals surface area contributed by atoms with E-state index in [-0.39, 0.29) is 24.9 Å². The van der Waals surface area contributed by atoms with Crippen molar-refractivity contribution in [2.75, 3.05) is 0 Å². The number of rotatable bonds is 6. The Labute approximate surface area is 163 Å². The SMILES string of the molecule is O=C(CC(c1ccccc1)c1ccccc1)OCc1ccc(Cl)cc1Cl. The Hall–Kier alpha value is -2.29. The van der Waals surface area contributed by atoms with Crippen molar-refractivity contribution in [1.29, 1.82) is 0 Å². The largest absolute Gasteiger partial charge is 0.461 e. The standard InChI is InChI=1S/C22H18Cl2O2/c23-19-12-11-18(21(24)13-19)15-26-22(25)14-20(16-7-3-1-4-8-16)17-9-5-2-6-10-17/h1-13,20H,14-15H2. The summed E-state index contributed by atoms with van der Waals surface area (Å²) in [4.78, 5) is 12.5. The highest BCUT2D eigenvalue weighted by molar-refractivity contribution is 6.35. The quantitative estimate of drug-likeness (QED) is 0.468. The number of halogens is 2. The van der Waals surface area contributed by atoms with Gasteiger partial charge in [-0.25, -0.2) is 0 Å². The van der Waals surface area contributed by atoms with E-state index in [9.17, 15) is 4.79 Å². The van der Waals surface area contributed by atoms with Crippen LogP contribution in [-0.4, -0.2) is 5.97 Å². The van der Waals surface area contributed by atoms with Crippen molar-refractivity contribution in [3.05, 3.63) is 106 Å². The maximum atomic E-state index is 12.5. The van der Waals surface area contributed by atoms with Crippen LogP contribution < -0.4 is 0 Å². The van der Waals surface area contributed by atoms with Crippen molar-refractivity contribution < 1.29 is 9.53 Å². The molecule has 0 aromatic heterocycles. The second-order valence-corrected chi connectivity index (χ2v) is 6.82. The molecule has 0 unspecified atom stereocenters. The van der Waals surface area contributed by atoms with Crippen LogP contribution >= 0.6 is 23.2 Å². The summed E-state index contributed by atoms with van der Waals surface area (Å²) >= 11 is 12.0. The number of benzene rings is 3. The smallest absolute Gasteiger partial charge is 0.307 e. The molecule has 0 aliphatic heterocycles. The summed E-state index contributed by atoms with van der Waals surface area (Å²) in [5.74, 6) is -0.320. The molecule has 0 spiro atoms. The maximum Gasteiger partial charge on any atom is 0.307 e. The Morgan fingerprint density at radius 2 is 1.42 bits per heavy atom. The Morgan fingerprint density at radius 1 is 0.846 bits per heavy atom. The first-order chi connectivity index (χ1) is 12.6. The van der Waals surface area contributed by atoms with Crippen LogP contribution in [0.1, 0.15) is 29.0 Å². The molecule has 3 rings (SSSR count). The van der Waals surface area contributed by atoms with Gasteiger partial charge in [0.1, 0.15) is 6.61 Å². The van der Waals surface area contributed by atoms with Gasteiger partial charge in [0.05, 0.1) is 6.42 Å². The van der Waals surface area contributed by atoms with E-state index >= 15 is 0 Å². The summed E-state index contributed by atoms with van der Waals surface area (Å²) in [5.41, 5.74) is 2.90. The number of carbonyl (C=O) groups excluding carboxylic acids is 1. The van der Waals surface area contributed by atoms with Gasteiger partial charge in [0, 0.05) is 21.5 Å². The van der Waals surface area contributed by atoms with Gasteiger partial charge in [-0.05, 0) is 23.3 Å². The predicted molar refractivity (Wildman–Crippen MR) is 106 cm³/mol. The van der Waals surface area contributed by atoms with E-state index in [4.69, 9.17) is 27.9 Å². The Morgan fingerprint density at radius 3 is 1.96 bits per heavy atom. The van der Waals surface area contributed by atoms with Crippen LogP contribution in [0, 0.1) is 0 Å². The van der Waals surface area contributed by atoms with Gasteiger partial charge in [-0.15, -0.1) is 0 Å². The maximum absolute atomic E-state index is 12.5. The normalized spacial score (nSPS) is 10.7. The van der Waals surface area contributed by atoms with Crippen LogP contribution in [0.5, 0.6) is 0 Å². The molecule has 26 heavy (non-hydrogen) atoms. The summed E-state index contributed by atoms with van der Waals surface area (Å²) in [5, 5.41) is 1.05. The molecular formula is C22H18Cl2O2. The van der Waals surface area contributed by atoms with Crippen LogP contribution in [0.2, 0.25) is 10.0 Å². The predicted octanol–water partition coefficient (Wildman–Crippen LogP) is 6.26. The lowest BCUT2D eigenvalue weighted by atomic mass is 9.89. The topological polar surface area (TPSA) is 26.3 Å². The minimum absolute atomic E-state index is 0.0504. The molecule has 3 aromatic rings. The highest BCUT2D eigenvalue weighted by Gasteiger charge is 2.19. The van der Waals surface area contributed by atoms with Crippen LogP contribution in [0.3, 0.4) is 0 Å². The zero-order valence-corrected chi connectivity index (χ0v) is 15.6. The summed E-state index contributed by atoms with van der Waals surface area (Å²) < 4.78 is 5.46. The number of hydrogen-bond acceptors (Lipinski definition) is 2. The summed E-state index contributed by atoms with van der Waals surface area (Å²) in [6.45, 7) is 0.130.